The van der Waals surface area contributed by atoms with Gasteiger partial charge in [0.25, 0.3) is 0 Å². The standard InChI is InChI=1S/C21H25N2.In/c1-14-9-16(3)20(17(4)10-14)22-7-8-23(13-22)21-18(5)11-15(2)12-19(21)6;/h7-13H,1-6H3;/q-1;+1. The Labute approximate surface area is 165 Å². The zero-order chi connectivity index (χ0) is 16.7. The summed E-state index contributed by atoms with van der Waals surface area (Å²) in [6, 6.07) is 8.98. The molecule has 2 aromatic carbocycles. The molecule has 2 aromatic rings. The van der Waals surface area contributed by atoms with E-state index in [1.54, 1.807) is 0 Å². The van der Waals surface area contributed by atoms with Crippen LogP contribution in [0.3, 0.4) is 0 Å². The second-order valence-electron chi connectivity index (χ2n) is 6.72. The fourth-order valence-electron chi connectivity index (χ4n) is 3.78. The van der Waals surface area contributed by atoms with Crippen molar-refractivity contribution < 1.29 is 0 Å². The quantitative estimate of drug-likeness (QED) is 0.626. The minimum atomic E-state index is 0. The predicted molar refractivity (Wildman–Crippen MR) is 105 cm³/mol. The zero-order valence-corrected chi connectivity index (χ0v) is 18.8. The first-order valence-electron chi connectivity index (χ1n) is 8.12. The molecule has 0 spiro atoms. The van der Waals surface area contributed by atoms with E-state index >= 15 is 0 Å². The van der Waals surface area contributed by atoms with Crippen LogP contribution >= 0.6 is 0 Å². The van der Waals surface area contributed by atoms with Gasteiger partial charge in [0.2, 0.25) is 0 Å². The van der Waals surface area contributed by atoms with E-state index in [0.29, 0.717) is 0 Å². The Kier molecular flexibility index (Phi) is 5.75. The Balaban J connectivity index is 0.00000208. The molecule has 24 heavy (non-hydrogen) atoms. The Morgan fingerprint density at radius 3 is 1.17 bits per heavy atom. The van der Waals surface area contributed by atoms with Crippen LogP contribution < -0.4 is 9.80 Å². The minimum Gasteiger partial charge on any atom is -0.479 e. The van der Waals surface area contributed by atoms with Crippen LogP contribution in [0.1, 0.15) is 33.4 Å². The van der Waals surface area contributed by atoms with Crippen LogP contribution in [-0.2, 0) is 0 Å². The van der Waals surface area contributed by atoms with Gasteiger partial charge in [-0.3, -0.25) is 0 Å². The van der Waals surface area contributed by atoms with Crippen molar-refractivity contribution >= 4 is 37.2 Å². The molecule has 1 heterocycles. The van der Waals surface area contributed by atoms with Crippen LogP contribution in [0.25, 0.3) is 0 Å². The van der Waals surface area contributed by atoms with Crippen molar-refractivity contribution in [1.82, 2.24) is 0 Å². The summed E-state index contributed by atoms with van der Waals surface area (Å²) in [6.45, 7) is 15.2. The number of nitrogens with zero attached hydrogens (tertiary/aromatic N) is 2. The van der Waals surface area contributed by atoms with Gasteiger partial charge < -0.3 is 9.80 Å². The predicted octanol–water partition coefficient (Wildman–Crippen LogP) is 5.07. The van der Waals surface area contributed by atoms with Crippen molar-refractivity contribution in [2.75, 3.05) is 9.80 Å². The largest absolute Gasteiger partial charge is 1.00 e. The molecule has 0 saturated carbocycles. The molecule has 3 rings (SSSR count). The van der Waals surface area contributed by atoms with Crippen molar-refractivity contribution in [3.63, 3.8) is 0 Å². The second kappa shape index (κ2) is 7.26. The molecule has 0 bridgehead atoms. The third-order valence-corrected chi connectivity index (χ3v) is 4.42. The molecule has 2 nitrogen and oxygen atoms in total. The van der Waals surface area contributed by atoms with Gasteiger partial charge in [-0.05, 0) is 76.2 Å². The van der Waals surface area contributed by atoms with Crippen molar-refractivity contribution in [3.8, 4) is 0 Å². The van der Waals surface area contributed by atoms with Crippen molar-refractivity contribution in [2.24, 2.45) is 0 Å². The summed E-state index contributed by atoms with van der Waals surface area (Å²) in [5, 5.41) is 0. The number of rotatable bonds is 2. The Bertz CT molecular complexity index is 681. The third-order valence-electron chi connectivity index (χ3n) is 4.42. The molecule has 0 fully saturated rings. The van der Waals surface area contributed by atoms with E-state index in [1.165, 1.54) is 44.8 Å². The van der Waals surface area contributed by atoms with Crippen LogP contribution in [0.5, 0.6) is 0 Å². The van der Waals surface area contributed by atoms with Crippen LogP contribution in [0.4, 0.5) is 11.4 Å². The van der Waals surface area contributed by atoms with E-state index in [-0.39, 0.29) is 25.8 Å². The van der Waals surface area contributed by atoms with Gasteiger partial charge in [-0.2, -0.15) is 0 Å². The molecule has 0 aliphatic carbocycles. The van der Waals surface area contributed by atoms with E-state index in [2.05, 4.69) is 94.7 Å². The molecule has 1 aliphatic heterocycles. The van der Waals surface area contributed by atoms with Gasteiger partial charge in [-0.25, -0.2) is 0 Å². The number of hydrogen-bond donors (Lipinski definition) is 0. The van der Waals surface area contributed by atoms with Gasteiger partial charge in [-0.15, -0.1) is 6.67 Å². The maximum absolute atomic E-state index is 2.25. The van der Waals surface area contributed by atoms with Gasteiger partial charge in [0.15, 0.2) is 0 Å². The zero-order valence-electron chi connectivity index (χ0n) is 15.5. The molecule has 0 amide bonds. The smallest absolute Gasteiger partial charge is 0.479 e. The number of benzene rings is 2. The molecule has 3 heteroatoms. The fourth-order valence-corrected chi connectivity index (χ4v) is 3.78. The van der Waals surface area contributed by atoms with E-state index in [4.69, 9.17) is 0 Å². The molecule has 2 radical (unpaired) electrons. The molecule has 0 atom stereocenters. The van der Waals surface area contributed by atoms with Gasteiger partial charge in [0, 0.05) is 11.4 Å². The maximum Gasteiger partial charge on any atom is 1.00 e. The Hall–Kier alpha value is -1.35. The van der Waals surface area contributed by atoms with Crippen molar-refractivity contribution in [2.45, 2.75) is 41.5 Å². The third kappa shape index (κ3) is 3.51. The molecular weight excluding hydrogens is 395 g/mol. The monoisotopic (exact) mass is 420 g/mol. The molecule has 0 N–H and O–H groups in total. The fraction of sp³-hybridized carbons (Fsp3) is 0.286. The summed E-state index contributed by atoms with van der Waals surface area (Å²) >= 11 is 0. The summed E-state index contributed by atoms with van der Waals surface area (Å²) in [6.07, 6.45) is 4.28. The Morgan fingerprint density at radius 1 is 0.583 bits per heavy atom. The maximum atomic E-state index is 2.25. The van der Waals surface area contributed by atoms with Crippen molar-refractivity contribution in [1.29, 1.82) is 0 Å². The van der Waals surface area contributed by atoms with E-state index in [9.17, 15) is 0 Å². The summed E-state index contributed by atoms with van der Waals surface area (Å²) < 4.78 is 0. The molecule has 122 valence electrons. The summed E-state index contributed by atoms with van der Waals surface area (Å²) in [5.74, 6) is 0. The van der Waals surface area contributed by atoms with Gasteiger partial charge in [0.05, 0.1) is 0 Å². The SMILES string of the molecule is Cc1cc(C)c(N2C=CN(c3c(C)cc(C)cc3C)[CH-]2)c(C)c1.[In+]. The summed E-state index contributed by atoms with van der Waals surface area (Å²) in [7, 11) is 0. The topological polar surface area (TPSA) is 6.48 Å². The average molecular weight is 420 g/mol. The van der Waals surface area contributed by atoms with E-state index in [0.717, 1.165) is 0 Å². The van der Waals surface area contributed by atoms with E-state index in [1.807, 2.05) is 0 Å². The second-order valence-corrected chi connectivity index (χ2v) is 6.72. The normalized spacial score (nSPS) is 13.4. The molecule has 0 saturated heterocycles. The molecule has 0 unspecified atom stereocenters. The average Bonchev–Trinajstić information content (AvgIpc) is 2.85. The van der Waals surface area contributed by atoms with Crippen LogP contribution in [0.15, 0.2) is 36.7 Å². The van der Waals surface area contributed by atoms with E-state index < -0.39 is 0 Å². The van der Waals surface area contributed by atoms with Crippen molar-refractivity contribution in [3.05, 3.63) is 76.7 Å². The van der Waals surface area contributed by atoms with Crippen LogP contribution in [0.2, 0.25) is 0 Å². The number of aryl methyl sites for hydroxylation is 6. The summed E-state index contributed by atoms with van der Waals surface area (Å²) in [5.41, 5.74) is 10.4. The number of hydrogen-bond acceptors (Lipinski definition) is 2. The first-order chi connectivity index (χ1) is 10.9. The summed E-state index contributed by atoms with van der Waals surface area (Å²) in [4.78, 5) is 4.45. The van der Waals surface area contributed by atoms with Gasteiger partial charge in [0.1, 0.15) is 0 Å². The van der Waals surface area contributed by atoms with Crippen LogP contribution in [-0.4, -0.2) is 25.8 Å². The van der Waals surface area contributed by atoms with Gasteiger partial charge in [-0.1, -0.05) is 35.4 Å². The number of anilines is 2. The minimum absolute atomic E-state index is 0. The molecular formula is C21H25InN2. The molecule has 0 aromatic heterocycles. The first kappa shape index (κ1) is 19.0. The molecule has 1 aliphatic rings. The first-order valence-corrected chi connectivity index (χ1v) is 8.12. The Morgan fingerprint density at radius 2 is 0.875 bits per heavy atom. The van der Waals surface area contributed by atoms with Crippen LogP contribution in [0, 0.1) is 48.2 Å². The van der Waals surface area contributed by atoms with Gasteiger partial charge >= 0.3 is 25.8 Å².